The topological polar surface area (TPSA) is 78.9 Å². The normalized spacial score (nSPS) is 23.5. The summed E-state index contributed by atoms with van der Waals surface area (Å²) in [5, 5.41) is 12.3. The van der Waals surface area contributed by atoms with E-state index in [1.54, 1.807) is 7.11 Å². The van der Waals surface area contributed by atoms with Crippen molar-refractivity contribution in [3.8, 4) is 5.75 Å². The van der Waals surface area contributed by atoms with Gasteiger partial charge in [-0.3, -0.25) is 14.5 Å². The first kappa shape index (κ1) is 19.2. The molecule has 1 amide bonds. The van der Waals surface area contributed by atoms with Gasteiger partial charge in [0.1, 0.15) is 5.75 Å². The van der Waals surface area contributed by atoms with E-state index in [2.05, 4.69) is 5.32 Å². The Labute approximate surface area is 149 Å². The van der Waals surface area contributed by atoms with Gasteiger partial charge in [-0.25, -0.2) is 0 Å². The highest BCUT2D eigenvalue weighted by molar-refractivity contribution is 5.82. The van der Waals surface area contributed by atoms with Crippen LogP contribution in [0.5, 0.6) is 5.75 Å². The average Bonchev–Trinajstić information content (AvgIpc) is 2.60. The summed E-state index contributed by atoms with van der Waals surface area (Å²) in [4.78, 5) is 26.0. The molecule has 2 rings (SSSR count). The zero-order chi connectivity index (χ0) is 18.6. The van der Waals surface area contributed by atoms with Gasteiger partial charge in [0, 0.05) is 18.7 Å². The van der Waals surface area contributed by atoms with Gasteiger partial charge >= 0.3 is 5.97 Å². The molecule has 4 unspecified atom stereocenters. The Morgan fingerprint density at radius 2 is 1.96 bits per heavy atom. The van der Waals surface area contributed by atoms with Crippen molar-refractivity contribution in [1.29, 1.82) is 0 Å². The molecular formula is C19H28N2O4. The number of carboxylic acids is 1. The Bertz CT molecular complexity index is 619. The number of hydrogen-bond acceptors (Lipinski definition) is 4. The van der Waals surface area contributed by atoms with E-state index in [1.807, 2.05) is 49.9 Å². The molecule has 1 heterocycles. The van der Waals surface area contributed by atoms with Crippen molar-refractivity contribution in [2.45, 2.75) is 39.3 Å². The van der Waals surface area contributed by atoms with Crippen LogP contribution < -0.4 is 10.1 Å². The van der Waals surface area contributed by atoms with Crippen LogP contribution in [0.15, 0.2) is 24.3 Å². The molecule has 1 fully saturated rings. The molecule has 138 valence electrons. The molecule has 6 heteroatoms. The molecule has 2 N–H and O–H groups in total. The van der Waals surface area contributed by atoms with E-state index in [9.17, 15) is 14.7 Å². The lowest BCUT2D eigenvalue weighted by Crippen LogP contribution is -2.52. The average molecular weight is 348 g/mol. The maximum absolute atomic E-state index is 12.7. The Kier molecular flexibility index (Phi) is 6.42. The molecule has 1 aliphatic heterocycles. The first-order valence-electron chi connectivity index (χ1n) is 8.73. The molecule has 1 aromatic rings. The van der Waals surface area contributed by atoms with Gasteiger partial charge in [-0.2, -0.15) is 0 Å². The number of carbonyl (C=O) groups excluding carboxylic acids is 1. The number of para-hydroxylation sites is 1. The Morgan fingerprint density at radius 3 is 2.60 bits per heavy atom. The summed E-state index contributed by atoms with van der Waals surface area (Å²) in [6, 6.07) is 7.03. The number of methoxy groups -OCH3 is 1. The number of piperidine rings is 1. The number of carboxylic acid groups (broad SMARTS) is 1. The maximum Gasteiger partial charge on any atom is 0.307 e. The fourth-order valence-corrected chi connectivity index (χ4v) is 3.49. The van der Waals surface area contributed by atoms with Crippen molar-refractivity contribution >= 4 is 11.9 Å². The summed E-state index contributed by atoms with van der Waals surface area (Å²) in [7, 11) is 1.61. The predicted octanol–water partition coefficient (Wildman–Crippen LogP) is 2.30. The van der Waals surface area contributed by atoms with Gasteiger partial charge in [-0.1, -0.05) is 25.1 Å². The number of nitrogens with zero attached hydrogens (tertiary/aromatic N) is 1. The summed E-state index contributed by atoms with van der Waals surface area (Å²) < 4.78 is 5.35. The highest BCUT2D eigenvalue weighted by Gasteiger charge is 2.34. The van der Waals surface area contributed by atoms with E-state index in [1.165, 1.54) is 0 Å². The summed E-state index contributed by atoms with van der Waals surface area (Å²) in [6.45, 7) is 6.94. The van der Waals surface area contributed by atoms with Gasteiger partial charge < -0.3 is 15.2 Å². The van der Waals surface area contributed by atoms with Crippen molar-refractivity contribution in [2.24, 2.45) is 11.8 Å². The minimum atomic E-state index is -0.786. The molecule has 1 aromatic carbocycles. The van der Waals surface area contributed by atoms with E-state index >= 15 is 0 Å². The van der Waals surface area contributed by atoms with E-state index in [0.29, 0.717) is 13.0 Å². The van der Waals surface area contributed by atoms with Crippen LogP contribution in [0.2, 0.25) is 0 Å². The molecular weight excluding hydrogens is 320 g/mol. The van der Waals surface area contributed by atoms with Gasteiger partial charge in [-0.05, 0) is 32.3 Å². The number of benzene rings is 1. The SMILES string of the molecule is COc1ccccc1C(C)NC(=O)C(C)N1CC(C)CC(C(=O)O)C1. The monoisotopic (exact) mass is 348 g/mol. The van der Waals surface area contributed by atoms with Crippen LogP contribution in [-0.4, -0.2) is 48.1 Å². The van der Waals surface area contributed by atoms with Crippen LogP contribution in [0, 0.1) is 11.8 Å². The van der Waals surface area contributed by atoms with E-state index < -0.39 is 11.9 Å². The van der Waals surface area contributed by atoms with Gasteiger partial charge in [0.2, 0.25) is 5.91 Å². The lowest BCUT2D eigenvalue weighted by Gasteiger charge is -2.38. The van der Waals surface area contributed by atoms with Gasteiger partial charge in [0.15, 0.2) is 0 Å². The number of nitrogens with one attached hydrogen (secondary N) is 1. The number of carbonyl (C=O) groups is 2. The Hall–Kier alpha value is -2.08. The van der Waals surface area contributed by atoms with Gasteiger partial charge in [0.25, 0.3) is 0 Å². The van der Waals surface area contributed by atoms with Crippen molar-refractivity contribution in [3.05, 3.63) is 29.8 Å². The van der Waals surface area contributed by atoms with E-state index in [4.69, 9.17) is 4.74 Å². The van der Waals surface area contributed by atoms with Crippen molar-refractivity contribution in [3.63, 3.8) is 0 Å². The number of hydrogen-bond donors (Lipinski definition) is 2. The zero-order valence-corrected chi connectivity index (χ0v) is 15.4. The van der Waals surface area contributed by atoms with Crippen molar-refractivity contribution < 1.29 is 19.4 Å². The number of amides is 1. The zero-order valence-electron chi connectivity index (χ0n) is 15.4. The third kappa shape index (κ3) is 4.72. The Morgan fingerprint density at radius 1 is 1.28 bits per heavy atom. The lowest BCUT2D eigenvalue weighted by molar-refractivity contribution is -0.146. The van der Waals surface area contributed by atoms with Gasteiger partial charge in [0.05, 0.1) is 25.1 Å². The Balaban J connectivity index is 2.03. The van der Waals surface area contributed by atoms with Gasteiger partial charge in [-0.15, -0.1) is 0 Å². The molecule has 0 radical (unpaired) electrons. The van der Waals surface area contributed by atoms with Crippen molar-refractivity contribution in [1.82, 2.24) is 10.2 Å². The van der Waals surface area contributed by atoms with E-state index in [0.717, 1.165) is 17.9 Å². The first-order chi connectivity index (χ1) is 11.8. The van der Waals surface area contributed by atoms with Crippen LogP contribution in [0.3, 0.4) is 0 Å². The number of aliphatic carboxylic acids is 1. The highest BCUT2D eigenvalue weighted by atomic mass is 16.5. The number of rotatable bonds is 6. The summed E-state index contributed by atoms with van der Waals surface area (Å²) in [5.41, 5.74) is 0.918. The third-order valence-corrected chi connectivity index (χ3v) is 4.93. The maximum atomic E-state index is 12.7. The highest BCUT2D eigenvalue weighted by Crippen LogP contribution is 2.26. The van der Waals surface area contributed by atoms with Crippen LogP contribution in [-0.2, 0) is 9.59 Å². The molecule has 25 heavy (non-hydrogen) atoms. The molecule has 1 aliphatic rings. The molecule has 4 atom stereocenters. The standard InChI is InChI=1S/C19H28N2O4/c1-12-9-15(19(23)24)11-21(10-12)14(3)18(22)20-13(2)16-7-5-6-8-17(16)25-4/h5-8,12-15H,9-11H2,1-4H3,(H,20,22)(H,23,24). The largest absolute Gasteiger partial charge is 0.496 e. The second-order valence-corrected chi connectivity index (χ2v) is 6.98. The number of ether oxygens (including phenoxy) is 1. The molecule has 0 saturated carbocycles. The molecule has 0 bridgehead atoms. The molecule has 6 nitrogen and oxygen atoms in total. The summed E-state index contributed by atoms with van der Waals surface area (Å²) in [5.74, 6) is -0.300. The second-order valence-electron chi connectivity index (χ2n) is 6.98. The predicted molar refractivity (Wildman–Crippen MR) is 95.5 cm³/mol. The van der Waals surface area contributed by atoms with E-state index in [-0.39, 0.29) is 23.9 Å². The molecule has 0 spiro atoms. The van der Waals surface area contributed by atoms with Crippen LogP contribution >= 0.6 is 0 Å². The second kappa shape index (κ2) is 8.34. The van der Waals surface area contributed by atoms with Crippen LogP contribution in [0.4, 0.5) is 0 Å². The molecule has 1 saturated heterocycles. The van der Waals surface area contributed by atoms with Crippen LogP contribution in [0.1, 0.15) is 38.8 Å². The smallest absolute Gasteiger partial charge is 0.307 e. The van der Waals surface area contributed by atoms with Crippen LogP contribution in [0.25, 0.3) is 0 Å². The fraction of sp³-hybridized carbons (Fsp3) is 0.579. The molecule has 0 aromatic heterocycles. The lowest BCUT2D eigenvalue weighted by atomic mass is 9.89. The minimum absolute atomic E-state index is 0.100. The minimum Gasteiger partial charge on any atom is -0.496 e. The summed E-state index contributed by atoms with van der Waals surface area (Å²) in [6.07, 6.45) is 0.664. The molecule has 0 aliphatic carbocycles. The first-order valence-corrected chi connectivity index (χ1v) is 8.73. The quantitative estimate of drug-likeness (QED) is 0.825. The van der Waals surface area contributed by atoms with Crippen molar-refractivity contribution in [2.75, 3.05) is 20.2 Å². The summed E-state index contributed by atoms with van der Waals surface area (Å²) >= 11 is 0. The third-order valence-electron chi connectivity index (χ3n) is 4.93. The number of likely N-dealkylation sites (tertiary alicyclic amines) is 1. The fourth-order valence-electron chi connectivity index (χ4n) is 3.49.